The van der Waals surface area contributed by atoms with Gasteiger partial charge in [-0.05, 0) is 43.2 Å². The van der Waals surface area contributed by atoms with E-state index in [1.807, 2.05) is 30.3 Å². The Labute approximate surface area is 124 Å². The van der Waals surface area contributed by atoms with Gasteiger partial charge in [0.05, 0.1) is 11.6 Å². The average Bonchev–Trinajstić information content (AvgIpc) is 2.55. The molecule has 0 bridgehead atoms. The topological polar surface area (TPSA) is 50.1 Å². The molecule has 0 saturated carbocycles. The zero-order chi connectivity index (χ0) is 15.2. The number of hydrogen-bond donors (Lipinski definition) is 0. The number of carbonyl (C=O) groups is 1. The molecule has 0 heterocycles. The van der Waals surface area contributed by atoms with Crippen LogP contribution in [0, 0.1) is 11.3 Å². The van der Waals surface area contributed by atoms with E-state index in [2.05, 4.69) is 6.92 Å². The summed E-state index contributed by atoms with van der Waals surface area (Å²) in [6.07, 6.45) is 0.386. The lowest BCUT2D eigenvalue weighted by Crippen LogP contribution is -2.23. The number of rotatable bonds is 5. The van der Waals surface area contributed by atoms with Crippen molar-refractivity contribution < 1.29 is 9.53 Å². The summed E-state index contributed by atoms with van der Waals surface area (Å²) in [6.45, 7) is 3.81. The molecule has 21 heavy (non-hydrogen) atoms. The molecule has 0 radical (unpaired) electrons. The lowest BCUT2D eigenvalue weighted by Gasteiger charge is -2.14. The van der Waals surface area contributed by atoms with E-state index in [1.165, 1.54) is 5.56 Å². The molecule has 0 saturated heterocycles. The highest BCUT2D eigenvalue weighted by Crippen LogP contribution is 2.16. The largest absolute Gasteiger partial charge is 0.483 e. The second kappa shape index (κ2) is 6.71. The number of nitrogens with zero attached hydrogens (tertiary/aromatic N) is 1. The monoisotopic (exact) mass is 279 g/mol. The number of hydrogen-bond acceptors (Lipinski definition) is 3. The van der Waals surface area contributed by atoms with Gasteiger partial charge >= 0.3 is 0 Å². The molecule has 0 aliphatic carbocycles. The molecule has 0 aromatic heterocycles. The fraction of sp³-hybridized carbons (Fsp3) is 0.222. The van der Waals surface area contributed by atoms with Gasteiger partial charge in [0.1, 0.15) is 5.75 Å². The van der Waals surface area contributed by atoms with Crippen LogP contribution in [0.25, 0.3) is 0 Å². The summed E-state index contributed by atoms with van der Waals surface area (Å²) >= 11 is 0. The molecule has 106 valence electrons. The number of aryl methyl sites for hydroxylation is 1. The molecule has 0 N–H and O–H groups in total. The second-order valence-electron chi connectivity index (χ2n) is 4.81. The van der Waals surface area contributed by atoms with Gasteiger partial charge in [-0.1, -0.05) is 31.2 Å². The Kier molecular flexibility index (Phi) is 4.73. The molecule has 0 spiro atoms. The number of ketones is 1. The van der Waals surface area contributed by atoms with Crippen LogP contribution in [0.5, 0.6) is 5.75 Å². The van der Waals surface area contributed by atoms with Crippen molar-refractivity contribution in [1.82, 2.24) is 0 Å². The molecular formula is C18H17NO2. The third-order valence-corrected chi connectivity index (χ3v) is 3.31. The van der Waals surface area contributed by atoms with Gasteiger partial charge in [-0.2, -0.15) is 5.26 Å². The Morgan fingerprint density at radius 3 is 2.29 bits per heavy atom. The Bertz CT molecular complexity index is 651. The fourth-order valence-electron chi connectivity index (χ4n) is 2.01. The highest BCUT2D eigenvalue weighted by atomic mass is 16.5. The van der Waals surface area contributed by atoms with Gasteiger partial charge in [0, 0.05) is 5.56 Å². The minimum atomic E-state index is -0.564. The van der Waals surface area contributed by atoms with Crippen LogP contribution in [-0.4, -0.2) is 11.9 Å². The predicted molar refractivity (Wildman–Crippen MR) is 81.4 cm³/mol. The molecule has 0 aliphatic rings. The molecule has 2 aromatic carbocycles. The Morgan fingerprint density at radius 2 is 1.76 bits per heavy atom. The van der Waals surface area contributed by atoms with Crippen LogP contribution in [0.15, 0.2) is 48.5 Å². The molecule has 2 aromatic rings. The maximum Gasteiger partial charge on any atom is 0.202 e. The number of nitriles is 1. The maximum absolute atomic E-state index is 12.3. The first-order valence-corrected chi connectivity index (χ1v) is 6.94. The number of Topliss-reactive ketones (excluding diaryl/α,β-unsaturated/α-hetero) is 1. The quantitative estimate of drug-likeness (QED) is 0.783. The number of ether oxygens (including phenoxy) is 1. The first kappa shape index (κ1) is 14.8. The third kappa shape index (κ3) is 3.70. The molecule has 3 heteroatoms. The number of benzene rings is 2. The van der Waals surface area contributed by atoms with E-state index < -0.39 is 6.10 Å². The molecule has 0 amide bonds. The normalized spacial score (nSPS) is 11.5. The summed E-state index contributed by atoms with van der Waals surface area (Å²) in [5.74, 6) is 0.530. The Morgan fingerprint density at radius 1 is 1.14 bits per heavy atom. The lowest BCUT2D eigenvalue weighted by atomic mass is 10.0. The summed E-state index contributed by atoms with van der Waals surface area (Å²) < 4.78 is 5.63. The smallest absolute Gasteiger partial charge is 0.202 e. The Hall–Kier alpha value is -2.60. The average molecular weight is 279 g/mol. The van der Waals surface area contributed by atoms with Crippen molar-refractivity contribution >= 4 is 5.78 Å². The predicted octanol–water partition coefficient (Wildman–Crippen LogP) is 3.77. The van der Waals surface area contributed by atoms with Crippen LogP contribution in [0.1, 0.15) is 35.3 Å². The van der Waals surface area contributed by atoms with Crippen LogP contribution in [0.4, 0.5) is 0 Å². The molecule has 0 aliphatic heterocycles. The zero-order valence-corrected chi connectivity index (χ0v) is 12.2. The second-order valence-corrected chi connectivity index (χ2v) is 4.81. The van der Waals surface area contributed by atoms with Gasteiger partial charge < -0.3 is 4.74 Å². The van der Waals surface area contributed by atoms with Crippen molar-refractivity contribution in [2.75, 3.05) is 0 Å². The van der Waals surface area contributed by atoms with Crippen molar-refractivity contribution in [3.63, 3.8) is 0 Å². The fourth-order valence-corrected chi connectivity index (χ4v) is 2.01. The molecule has 3 nitrogen and oxygen atoms in total. The van der Waals surface area contributed by atoms with Gasteiger partial charge in [0.15, 0.2) is 6.10 Å². The maximum atomic E-state index is 12.3. The van der Waals surface area contributed by atoms with E-state index in [9.17, 15) is 4.79 Å². The van der Waals surface area contributed by atoms with Crippen LogP contribution in [0.2, 0.25) is 0 Å². The number of carbonyl (C=O) groups excluding carboxylic acids is 1. The van der Waals surface area contributed by atoms with Crippen LogP contribution >= 0.6 is 0 Å². The van der Waals surface area contributed by atoms with E-state index >= 15 is 0 Å². The first-order chi connectivity index (χ1) is 10.1. The van der Waals surface area contributed by atoms with Gasteiger partial charge in [0.25, 0.3) is 0 Å². The molecule has 0 unspecified atom stereocenters. The summed E-state index contributed by atoms with van der Waals surface area (Å²) in [7, 11) is 0. The first-order valence-electron chi connectivity index (χ1n) is 6.94. The zero-order valence-electron chi connectivity index (χ0n) is 12.2. The highest BCUT2D eigenvalue weighted by molar-refractivity contribution is 5.99. The summed E-state index contributed by atoms with van der Waals surface area (Å²) in [5, 5.41) is 8.75. The minimum Gasteiger partial charge on any atom is -0.483 e. The highest BCUT2D eigenvalue weighted by Gasteiger charge is 2.16. The van der Waals surface area contributed by atoms with Gasteiger partial charge in [-0.15, -0.1) is 0 Å². The van der Waals surface area contributed by atoms with E-state index in [-0.39, 0.29) is 5.78 Å². The molecular weight excluding hydrogens is 262 g/mol. The standard InChI is InChI=1S/C18H17NO2/c1-3-14-4-8-16(9-5-14)18(20)13(2)21-17-10-6-15(12-19)7-11-17/h4-11,13H,3H2,1-2H3/t13-/m0/s1. The Balaban J connectivity index is 2.05. The van der Waals surface area contributed by atoms with Crippen molar-refractivity contribution in [3.8, 4) is 11.8 Å². The van der Waals surface area contributed by atoms with E-state index in [0.717, 1.165) is 6.42 Å². The van der Waals surface area contributed by atoms with Crippen molar-refractivity contribution in [2.45, 2.75) is 26.4 Å². The van der Waals surface area contributed by atoms with Crippen LogP contribution in [0.3, 0.4) is 0 Å². The van der Waals surface area contributed by atoms with Crippen molar-refractivity contribution in [2.24, 2.45) is 0 Å². The van der Waals surface area contributed by atoms with Crippen LogP contribution < -0.4 is 4.74 Å². The SMILES string of the molecule is CCc1ccc(C(=O)[C@H](C)Oc2ccc(C#N)cc2)cc1. The molecule has 0 fully saturated rings. The van der Waals surface area contributed by atoms with Crippen molar-refractivity contribution in [1.29, 1.82) is 5.26 Å². The van der Waals surface area contributed by atoms with Crippen molar-refractivity contribution in [3.05, 3.63) is 65.2 Å². The van der Waals surface area contributed by atoms with Crippen LogP contribution in [-0.2, 0) is 6.42 Å². The summed E-state index contributed by atoms with van der Waals surface area (Å²) in [5.41, 5.74) is 2.41. The third-order valence-electron chi connectivity index (χ3n) is 3.31. The minimum absolute atomic E-state index is 0.0537. The summed E-state index contributed by atoms with van der Waals surface area (Å²) in [4.78, 5) is 12.3. The van der Waals surface area contributed by atoms with E-state index in [4.69, 9.17) is 10.00 Å². The van der Waals surface area contributed by atoms with E-state index in [1.54, 1.807) is 31.2 Å². The molecule has 2 rings (SSSR count). The molecule has 1 atom stereocenters. The summed E-state index contributed by atoms with van der Waals surface area (Å²) in [6, 6.07) is 16.4. The van der Waals surface area contributed by atoms with Gasteiger partial charge in [-0.25, -0.2) is 0 Å². The lowest BCUT2D eigenvalue weighted by molar-refractivity contribution is 0.0818. The van der Waals surface area contributed by atoms with E-state index in [0.29, 0.717) is 16.9 Å². The van der Waals surface area contributed by atoms with Gasteiger partial charge in [0.2, 0.25) is 5.78 Å². The van der Waals surface area contributed by atoms with Gasteiger partial charge in [-0.3, -0.25) is 4.79 Å².